The quantitative estimate of drug-likeness (QED) is 0.312. The molecule has 244 valence electrons. The van der Waals surface area contributed by atoms with Gasteiger partial charge in [-0.1, -0.05) is 20.8 Å². The van der Waals surface area contributed by atoms with E-state index in [0.717, 1.165) is 29.0 Å². The predicted octanol–water partition coefficient (Wildman–Crippen LogP) is 9.22. The van der Waals surface area contributed by atoms with Crippen LogP contribution < -0.4 is 4.90 Å². The van der Waals surface area contributed by atoms with Gasteiger partial charge in [0.15, 0.2) is 0 Å². The van der Waals surface area contributed by atoms with Crippen LogP contribution in [0.1, 0.15) is 74.9 Å². The van der Waals surface area contributed by atoms with Crippen molar-refractivity contribution in [2.45, 2.75) is 84.3 Å². The molecule has 0 fully saturated rings. The van der Waals surface area contributed by atoms with Crippen molar-refractivity contribution in [3.8, 4) is 0 Å². The predicted molar refractivity (Wildman–Crippen MR) is 141 cm³/mol. The summed E-state index contributed by atoms with van der Waals surface area (Å²) >= 11 is 0. The van der Waals surface area contributed by atoms with E-state index in [2.05, 4.69) is 0 Å². The fourth-order valence-corrected chi connectivity index (χ4v) is 5.08. The number of halogens is 9. The summed E-state index contributed by atoms with van der Waals surface area (Å²) in [7, 11) is 0.909. The van der Waals surface area contributed by atoms with Gasteiger partial charge in [0.25, 0.3) is 0 Å². The molecule has 0 saturated heterocycles. The maximum absolute atomic E-state index is 13.8. The molecular formula is C29H31F9N2O4. The van der Waals surface area contributed by atoms with Gasteiger partial charge in [0.05, 0.1) is 41.6 Å². The van der Waals surface area contributed by atoms with Crippen molar-refractivity contribution in [2.75, 3.05) is 12.0 Å². The van der Waals surface area contributed by atoms with Gasteiger partial charge in [0, 0.05) is 12.6 Å². The second-order valence-corrected chi connectivity index (χ2v) is 11.7. The zero-order valence-electron chi connectivity index (χ0n) is 24.5. The van der Waals surface area contributed by atoms with Crippen LogP contribution in [0.4, 0.5) is 54.8 Å². The lowest BCUT2D eigenvalue weighted by Gasteiger charge is -2.48. The van der Waals surface area contributed by atoms with Crippen LogP contribution in [-0.4, -0.2) is 36.3 Å². The number of carbonyl (C=O) groups excluding carboxylic acids is 2. The molecule has 2 atom stereocenters. The van der Waals surface area contributed by atoms with Crippen LogP contribution in [-0.2, 0) is 34.5 Å². The van der Waals surface area contributed by atoms with Crippen LogP contribution in [0.5, 0.6) is 0 Å². The standard InChI is InChI=1S/C29H31F9N2O4/c1-15(2)44-25(42)40-21-8-7-17(27(30,31)32)12-20(21)22(13-23(40)26(3,4)5)39(24(41)43-6)14-16-9-18(28(33,34)35)11-19(10-16)29(36,37)38/h7-12,15,22-23H,13-14H2,1-6H3/t22-,23-/m1/s1. The average Bonchev–Trinajstić information content (AvgIpc) is 2.87. The molecule has 2 aromatic carbocycles. The first-order chi connectivity index (χ1) is 19.9. The topological polar surface area (TPSA) is 59.1 Å². The molecule has 2 amide bonds. The van der Waals surface area contributed by atoms with E-state index in [-0.39, 0.29) is 23.7 Å². The maximum atomic E-state index is 13.8. The van der Waals surface area contributed by atoms with E-state index in [1.165, 1.54) is 0 Å². The Morgan fingerprint density at radius 3 is 1.82 bits per heavy atom. The highest BCUT2D eigenvalue weighted by Gasteiger charge is 2.47. The Balaban J connectivity index is 2.30. The molecule has 2 aromatic rings. The third-order valence-electron chi connectivity index (χ3n) is 7.05. The Morgan fingerprint density at radius 1 is 0.864 bits per heavy atom. The Hall–Kier alpha value is -3.65. The van der Waals surface area contributed by atoms with E-state index in [1.54, 1.807) is 34.6 Å². The summed E-state index contributed by atoms with van der Waals surface area (Å²) in [5.74, 6) is 0. The molecule has 0 saturated carbocycles. The molecular weight excluding hydrogens is 611 g/mol. The van der Waals surface area contributed by atoms with Crippen molar-refractivity contribution in [1.29, 1.82) is 0 Å². The monoisotopic (exact) mass is 642 g/mol. The number of fused-ring (bicyclic) bond motifs is 1. The van der Waals surface area contributed by atoms with Gasteiger partial charge in [-0.25, -0.2) is 9.59 Å². The SMILES string of the molecule is COC(=O)N(Cc1cc(C(F)(F)F)cc(C(F)(F)F)c1)[C@@H]1C[C@H](C(C)(C)C)N(C(=O)OC(C)C)c2ccc(C(F)(F)F)cc21. The molecule has 0 radical (unpaired) electrons. The largest absolute Gasteiger partial charge is 0.453 e. The lowest BCUT2D eigenvalue weighted by Crippen LogP contribution is -2.54. The molecule has 0 aliphatic carbocycles. The van der Waals surface area contributed by atoms with Crippen molar-refractivity contribution >= 4 is 17.9 Å². The molecule has 0 unspecified atom stereocenters. The summed E-state index contributed by atoms with van der Waals surface area (Å²) in [6, 6.07) is 0.971. The normalized spacial score (nSPS) is 17.8. The van der Waals surface area contributed by atoms with E-state index in [0.29, 0.717) is 18.2 Å². The van der Waals surface area contributed by atoms with Crippen molar-refractivity contribution in [1.82, 2.24) is 4.90 Å². The summed E-state index contributed by atoms with van der Waals surface area (Å²) in [6.45, 7) is 7.37. The molecule has 1 aliphatic rings. The summed E-state index contributed by atoms with van der Waals surface area (Å²) in [4.78, 5) is 28.3. The molecule has 0 N–H and O–H groups in total. The van der Waals surface area contributed by atoms with Crippen LogP contribution in [0.15, 0.2) is 36.4 Å². The zero-order chi connectivity index (χ0) is 33.6. The summed E-state index contributed by atoms with van der Waals surface area (Å²) in [5.41, 5.74) is -6.13. The molecule has 3 rings (SSSR count). The number of amides is 2. The second kappa shape index (κ2) is 12.0. The van der Waals surface area contributed by atoms with Gasteiger partial charge in [-0.05, 0) is 73.2 Å². The molecule has 15 heteroatoms. The highest BCUT2D eigenvalue weighted by atomic mass is 19.4. The Bertz CT molecular complexity index is 1350. The fraction of sp³-hybridized carbons (Fsp3) is 0.517. The minimum atomic E-state index is -5.18. The first-order valence-corrected chi connectivity index (χ1v) is 13.3. The third-order valence-corrected chi connectivity index (χ3v) is 7.05. The molecule has 6 nitrogen and oxygen atoms in total. The number of carbonyl (C=O) groups is 2. The van der Waals surface area contributed by atoms with E-state index >= 15 is 0 Å². The molecule has 0 aromatic heterocycles. The van der Waals surface area contributed by atoms with Crippen LogP contribution in [0, 0.1) is 5.41 Å². The Labute approximate surface area is 247 Å². The van der Waals surface area contributed by atoms with E-state index in [1.807, 2.05) is 0 Å². The molecule has 0 bridgehead atoms. The number of methoxy groups -OCH3 is 1. The van der Waals surface area contributed by atoms with Crippen molar-refractivity contribution < 1.29 is 58.6 Å². The zero-order valence-corrected chi connectivity index (χ0v) is 24.5. The lowest BCUT2D eigenvalue weighted by atomic mass is 9.77. The van der Waals surface area contributed by atoms with Gasteiger partial charge in [0.2, 0.25) is 0 Å². The van der Waals surface area contributed by atoms with Gasteiger partial charge in [0.1, 0.15) is 0 Å². The van der Waals surface area contributed by atoms with Gasteiger partial charge in [-0.15, -0.1) is 0 Å². The molecule has 1 aliphatic heterocycles. The molecule has 1 heterocycles. The minimum Gasteiger partial charge on any atom is -0.453 e. The lowest BCUT2D eigenvalue weighted by molar-refractivity contribution is -0.143. The van der Waals surface area contributed by atoms with Crippen molar-refractivity contribution in [3.63, 3.8) is 0 Å². The first-order valence-electron chi connectivity index (χ1n) is 13.3. The second-order valence-electron chi connectivity index (χ2n) is 11.7. The number of hydrogen-bond donors (Lipinski definition) is 0. The van der Waals surface area contributed by atoms with Gasteiger partial charge >= 0.3 is 30.7 Å². The third kappa shape index (κ3) is 7.70. The maximum Gasteiger partial charge on any atom is 0.416 e. The fourth-order valence-electron chi connectivity index (χ4n) is 5.08. The van der Waals surface area contributed by atoms with Gasteiger partial charge in [-0.2, -0.15) is 39.5 Å². The number of ether oxygens (including phenoxy) is 2. The smallest absolute Gasteiger partial charge is 0.416 e. The van der Waals surface area contributed by atoms with E-state index in [4.69, 9.17) is 9.47 Å². The van der Waals surface area contributed by atoms with Gasteiger partial charge in [-0.3, -0.25) is 9.80 Å². The van der Waals surface area contributed by atoms with Crippen LogP contribution in [0.25, 0.3) is 0 Å². The summed E-state index contributed by atoms with van der Waals surface area (Å²) in [5, 5.41) is 0. The highest BCUT2D eigenvalue weighted by molar-refractivity contribution is 5.91. The van der Waals surface area contributed by atoms with E-state index in [9.17, 15) is 49.1 Å². The Morgan fingerprint density at radius 2 is 1.39 bits per heavy atom. The number of alkyl halides is 9. The average molecular weight is 643 g/mol. The number of nitrogens with zero attached hydrogens (tertiary/aromatic N) is 2. The van der Waals surface area contributed by atoms with Crippen LogP contribution in [0.3, 0.4) is 0 Å². The van der Waals surface area contributed by atoms with Crippen LogP contribution >= 0.6 is 0 Å². The van der Waals surface area contributed by atoms with Crippen molar-refractivity contribution in [3.05, 3.63) is 64.2 Å². The van der Waals surface area contributed by atoms with E-state index < -0.39 is 83.1 Å². The Kier molecular flexibility index (Phi) is 9.53. The van der Waals surface area contributed by atoms with Gasteiger partial charge < -0.3 is 9.47 Å². The number of hydrogen-bond acceptors (Lipinski definition) is 4. The minimum absolute atomic E-state index is 0.0752. The highest BCUT2D eigenvalue weighted by Crippen LogP contribution is 2.48. The van der Waals surface area contributed by atoms with Crippen molar-refractivity contribution in [2.24, 2.45) is 5.41 Å². The number of rotatable bonds is 4. The first kappa shape index (κ1) is 34.8. The molecule has 44 heavy (non-hydrogen) atoms. The summed E-state index contributed by atoms with van der Waals surface area (Å²) < 4.78 is 133. The number of anilines is 1. The van der Waals surface area contributed by atoms with Crippen LogP contribution in [0.2, 0.25) is 0 Å². The number of benzene rings is 2. The molecule has 0 spiro atoms. The summed E-state index contributed by atoms with van der Waals surface area (Å²) in [6.07, 6.45) is -18.2.